The summed E-state index contributed by atoms with van der Waals surface area (Å²) in [7, 11) is 1.46. The van der Waals surface area contributed by atoms with Gasteiger partial charge in [-0.2, -0.15) is 12.6 Å². The first kappa shape index (κ1) is 12.9. The molecule has 0 bridgehead atoms. The number of hydrogen-bond donors (Lipinski definition) is 3. The van der Waals surface area contributed by atoms with Crippen molar-refractivity contribution in [2.24, 2.45) is 0 Å². The molecule has 1 rings (SSSR count). The standard InChI is InChI=1S/C8H11O4PS2/c1-12-7-3-2-6(5-14)4-8(7)15-13(9,10)11/h2-4,14H,5H2,1H3,(H2,9,10,11). The monoisotopic (exact) mass is 266 g/mol. The van der Waals surface area contributed by atoms with Gasteiger partial charge in [0.15, 0.2) is 0 Å². The summed E-state index contributed by atoms with van der Waals surface area (Å²) in [6.45, 7) is -4.15. The van der Waals surface area contributed by atoms with Gasteiger partial charge in [-0.3, -0.25) is 0 Å². The summed E-state index contributed by atoms with van der Waals surface area (Å²) in [5.74, 6) is 0.965. The lowest BCUT2D eigenvalue weighted by atomic mass is 10.2. The Bertz CT molecular complexity index is 390. The van der Waals surface area contributed by atoms with Gasteiger partial charge in [-0.05, 0) is 29.1 Å². The molecule has 0 fully saturated rings. The Hall–Kier alpha value is -0.130. The molecule has 1 aromatic carbocycles. The third-order valence-electron chi connectivity index (χ3n) is 1.63. The third kappa shape index (κ3) is 4.09. The Labute approximate surface area is 97.4 Å². The molecule has 0 saturated carbocycles. The van der Waals surface area contributed by atoms with Crippen LogP contribution in [0, 0.1) is 0 Å². The minimum Gasteiger partial charge on any atom is -0.496 e. The lowest BCUT2D eigenvalue weighted by Gasteiger charge is -2.09. The van der Waals surface area contributed by atoms with E-state index in [2.05, 4.69) is 12.6 Å². The molecule has 0 radical (unpaired) electrons. The second-order valence-electron chi connectivity index (χ2n) is 2.73. The summed E-state index contributed by atoms with van der Waals surface area (Å²) in [6.07, 6.45) is 0. The van der Waals surface area contributed by atoms with Gasteiger partial charge in [0.05, 0.1) is 12.0 Å². The van der Waals surface area contributed by atoms with Crippen molar-refractivity contribution >= 4 is 30.8 Å². The minimum absolute atomic E-state index is 0.428. The molecular formula is C8H11O4PS2. The van der Waals surface area contributed by atoms with Crippen LogP contribution in [-0.4, -0.2) is 16.9 Å². The molecule has 0 spiro atoms. The van der Waals surface area contributed by atoms with Crippen LogP contribution < -0.4 is 4.74 Å². The first-order valence-electron chi connectivity index (χ1n) is 3.99. The van der Waals surface area contributed by atoms with Crippen molar-refractivity contribution in [3.8, 4) is 5.75 Å². The highest BCUT2D eigenvalue weighted by Crippen LogP contribution is 2.56. The molecule has 15 heavy (non-hydrogen) atoms. The number of hydrogen-bond acceptors (Lipinski definition) is 4. The highest BCUT2D eigenvalue weighted by molar-refractivity contribution is 8.54. The smallest absolute Gasteiger partial charge is 0.388 e. The topological polar surface area (TPSA) is 66.8 Å². The molecule has 1 aromatic rings. The molecule has 0 saturated heterocycles. The van der Waals surface area contributed by atoms with E-state index in [0.29, 0.717) is 27.8 Å². The molecule has 0 unspecified atom stereocenters. The summed E-state index contributed by atoms with van der Waals surface area (Å²) >= 11 is 4.58. The van der Waals surface area contributed by atoms with Gasteiger partial charge in [-0.25, -0.2) is 4.57 Å². The van der Waals surface area contributed by atoms with Crippen LogP contribution in [0.2, 0.25) is 0 Å². The second-order valence-corrected chi connectivity index (χ2v) is 6.62. The van der Waals surface area contributed by atoms with Gasteiger partial charge < -0.3 is 14.5 Å². The van der Waals surface area contributed by atoms with Gasteiger partial charge in [0.25, 0.3) is 0 Å². The van der Waals surface area contributed by atoms with Gasteiger partial charge in [-0.15, -0.1) is 0 Å². The fraction of sp³-hybridized carbons (Fsp3) is 0.250. The molecule has 0 aliphatic carbocycles. The summed E-state index contributed by atoms with van der Waals surface area (Å²) in [5.41, 5.74) is 0.884. The van der Waals surface area contributed by atoms with E-state index in [1.807, 2.05) is 0 Å². The largest absolute Gasteiger partial charge is 0.496 e. The summed E-state index contributed by atoms with van der Waals surface area (Å²) in [4.78, 5) is 18.1. The maximum absolute atomic E-state index is 10.9. The first-order chi connectivity index (χ1) is 6.96. The van der Waals surface area contributed by atoms with Crippen molar-refractivity contribution in [1.29, 1.82) is 0 Å². The van der Waals surface area contributed by atoms with E-state index in [-0.39, 0.29) is 0 Å². The molecule has 0 atom stereocenters. The lowest BCUT2D eigenvalue weighted by molar-refractivity contribution is 0.394. The van der Waals surface area contributed by atoms with Crippen molar-refractivity contribution in [3.05, 3.63) is 23.8 Å². The summed E-state index contributed by atoms with van der Waals surface area (Å²) in [5, 5.41) is 0. The maximum atomic E-state index is 10.9. The minimum atomic E-state index is -4.15. The average molecular weight is 266 g/mol. The van der Waals surface area contributed by atoms with Gasteiger partial charge in [0.1, 0.15) is 5.75 Å². The van der Waals surface area contributed by atoms with Crippen molar-refractivity contribution < 1.29 is 19.1 Å². The number of benzene rings is 1. The Morgan fingerprint density at radius 1 is 1.53 bits per heavy atom. The van der Waals surface area contributed by atoms with Gasteiger partial charge >= 0.3 is 6.80 Å². The molecule has 0 aliphatic rings. The Balaban J connectivity index is 3.06. The zero-order valence-electron chi connectivity index (χ0n) is 7.95. The van der Waals surface area contributed by atoms with Crippen LogP contribution in [-0.2, 0) is 10.3 Å². The highest BCUT2D eigenvalue weighted by Gasteiger charge is 2.18. The number of methoxy groups -OCH3 is 1. The molecule has 84 valence electrons. The summed E-state index contributed by atoms with van der Waals surface area (Å²) in [6, 6.07) is 5.13. The maximum Gasteiger partial charge on any atom is 0.388 e. The Kier molecular flexibility index (Phi) is 4.55. The highest BCUT2D eigenvalue weighted by atomic mass is 32.7. The predicted molar refractivity (Wildman–Crippen MR) is 63.6 cm³/mol. The van der Waals surface area contributed by atoms with Gasteiger partial charge in [-0.1, -0.05) is 6.07 Å². The fourth-order valence-corrected chi connectivity index (χ4v) is 3.11. The van der Waals surface area contributed by atoms with Gasteiger partial charge in [0.2, 0.25) is 0 Å². The summed E-state index contributed by atoms with van der Waals surface area (Å²) < 4.78 is 15.9. The van der Waals surface area contributed by atoms with E-state index in [4.69, 9.17) is 14.5 Å². The zero-order chi connectivity index (χ0) is 11.5. The quantitative estimate of drug-likeness (QED) is 0.576. The molecule has 0 heterocycles. The third-order valence-corrected chi connectivity index (χ3v) is 4.05. The van der Waals surface area contributed by atoms with Crippen LogP contribution in [0.15, 0.2) is 23.1 Å². The van der Waals surface area contributed by atoms with Crippen LogP contribution in [0.3, 0.4) is 0 Å². The second kappa shape index (κ2) is 5.27. The van der Waals surface area contributed by atoms with Crippen LogP contribution in [0.25, 0.3) is 0 Å². The molecule has 2 N–H and O–H groups in total. The first-order valence-corrected chi connectivity index (χ1v) is 7.66. The van der Waals surface area contributed by atoms with E-state index in [9.17, 15) is 4.57 Å². The van der Waals surface area contributed by atoms with Crippen molar-refractivity contribution in [3.63, 3.8) is 0 Å². The van der Waals surface area contributed by atoms with Crippen LogP contribution in [0.1, 0.15) is 5.56 Å². The molecule has 0 amide bonds. The van der Waals surface area contributed by atoms with Gasteiger partial charge in [0, 0.05) is 5.75 Å². The Morgan fingerprint density at radius 2 is 2.20 bits per heavy atom. The van der Waals surface area contributed by atoms with E-state index in [1.54, 1.807) is 18.2 Å². The molecule has 0 aliphatic heterocycles. The van der Waals surface area contributed by atoms with E-state index >= 15 is 0 Å². The predicted octanol–water partition coefficient (Wildman–Crippen LogP) is 2.31. The van der Waals surface area contributed by atoms with Crippen LogP contribution >= 0.6 is 30.8 Å². The SMILES string of the molecule is COc1ccc(CS)cc1SP(=O)(O)O. The molecule has 0 aromatic heterocycles. The van der Waals surface area contributed by atoms with Crippen molar-refractivity contribution in [2.75, 3.05) is 7.11 Å². The average Bonchev–Trinajstić information content (AvgIpc) is 2.15. The van der Waals surface area contributed by atoms with Crippen molar-refractivity contribution in [2.45, 2.75) is 10.6 Å². The number of ether oxygens (including phenoxy) is 1. The van der Waals surface area contributed by atoms with E-state index in [1.165, 1.54) is 7.11 Å². The normalized spacial score (nSPS) is 11.5. The molecule has 4 nitrogen and oxygen atoms in total. The van der Waals surface area contributed by atoms with Crippen molar-refractivity contribution in [1.82, 2.24) is 0 Å². The van der Waals surface area contributed by atoms with E-state index in [0.717, 1.165) is 5.56 Å². The van der Waals surface area contributed by atoms with Crippen LogP contribution in [0.4, 0.5) is 0 Å². The number of thiol groups is 1. The number of rotatable bonds is 4. The van der Waals surface area contributed by atoms with Crippen LogP contribution in [0.5, 0.6) is 5.75 Å². The lowest BCUT2D eigenvalue weighted by Crippen LogP contribution is -1.88. The molecule has 7 heteroatoms. The molecular weight excluding hydrogens is 255 g/mol. The Morgan fingerprint density at radius 3 is 2.67 bits per heavy atom. The van der Waals surface area contributed by atoms with E-state index < -0.39 is 6.80 Å². The zero-order valence-corrected chi connectivity index (χ0v) is 10.6. The fourth-order valence-electron chi connectivity index (χ4n) is 1.02.